The number of hydrogen-bond acceptors (Lipinski definition) is 5. The van der Waals surface area contributed by atoms with Gasteiger partial charge in [-0.05, 0) is 54.8 Å². The molecule has 0 aliphatic rings. The van der Waals surface area contributed by atoms with Gasteiger partial charge in [-0.25, -0.2) is 4.79 Å². The van der Waals surface area contributed by atoms with Crippen molar-refractivity contribution in [3.8, 4) is 0 Å². The fourth-order valence-electron chi connectivity index (χ4n) is 2.37. The Kier molecular flexibility index (Phi) is 6.64. The van der Waals surface area contributed by atoms with Crippen molar-refractivity contribution < 1.29 is 19.1 Å². The molecule has 3 rings (SSSR count). The van der Waals surface area contributed by atoms with Crippen molar-refractivity contribution in [1.82, 2.24) is 0 Å². The predicted octanol–water partition coefficient (Wildman–Crippen LogP) is 4.84. The Morgan fingerprint density at radius 1 is 0.966 bits per heavy atom. The molecule has 2 amide bonds. The second-order valence-electron chi connectivity index (χ2n) is 6.03. The Hall–Kier alpha value is -3.16. The molecule has 1 aromatic heterocycles. The minimum Gasteiger partial charge on any atom is -0.449 e. The van der Waals surface area contributed by atoms with Gasteiger partial charge in [0.05, 0.1) is 21.2 Å². The summed E-state index contributed by atoms with van der Waals surface area (Å²) in [6.07, 6.45) is -1.02. The number of nitrogens with one attached hydrogen (secondary N) is 2. The highest BCUT2D eigenvalue weighted by Crippen LogP contribution is 2.21. The van der Waals surface area contributed by atoms with Crippen molar-refractivity contribution in [3.63, 3.8) is 0 Å². The van der Waals surface area contributed by atoms with Crippen LogP contribution in [0.25, 0.3) is 0 Å². The van der Waals surface area contributed by atoms with Crippen molar-refractivity contribution in [1.29, 1.82) is 0 Å². The molecule has 8 heteroatoms. The molecule has 0 saturated heterocycles. The van der Waals surface area contributed by atoms with Gasteiger partial charge in [-0.1, -0.05) is 29.8 Å². The van der Waals surface area contributed by atoms with Gasteiger partial charge >= 0.3 is 5.97 Å². The Balaban J connectivity index is 1.56. The Labute approximate surface area is 176 Å². The molecule has 2 N–H and O–H groups in total. The van der Waals surface area contributed by atoms with Crippen LogP contribution in [0.15, 0.2) is 66.0 Å². The average molecular weight is 429 g/mol. The molecule has 0 unspecified atom stereocenters. The first-order valence-corrected chi connectivity index (χ1v) is 9.91. The maximum absolute atomic E-state index is 12.3. The van der Waals surface area contributed by atoms with E-state index >= 15 is 0 Å². The normalized spacial score (nSPS) is 11.4. The van der Waals surface area contributed by atoms with Crippen molar-refractivity contribution >= 4 is 52.1 Å². The molecule has 1 heterocycles. The minimum absolute atomic E-state index is 0.222. The highest BCUT2D eigenvalue weighted by molar-refractivity contribution is 7.12. The summed E-state index contributed by atoms with van der Waals surface area (Å²) in [4.78, 5) is 37.1. The number of amides is 2. The molecule has 6 nitrogen and oxygen atoms in total. The standard InChI is InChI=1S/C21H17ClN2O4S/c1-13(19(25)24-17-6-3-2-5-16(17)22)28-21(27)14-8-10-15(11-9-14)23-20(26)18-7-4-12-29-18/h2-13H,1H3,(H,23,26)(H,24,25)/t13-/m0/s1. The molecule has 0 fully saturated rings. The van der Waals surface area contributed by atoms with Crippen LogP contribution in [0, 0.1) is 0 Å². The van der Waals surface area contributed by atoms with E-state index < -0.39 is 18.0 Å². The van der Waals surface area contributed by atoms with Crippen molar-refractivity contribution in [2.24, 2.45) is 0 Å². The lowest BCUT2D eigenvalue weighted by atomic mass is 10.2. The maximum Gasteiger partial charge on any atom is 0.338 e. The highest BCUT2D eigenvalue weighted by Gasteiger charge is 2.20. The minimum atomic E-state index is -1.02. The van der Waals surface area contributed by atoms with Crippen LogP contribution in [0.4, 0.5) is 11.4 Å². The van der Waals surface area contributed by atoms with E-state index in [1.165, 1.54) is 30.4 Å². The van der Waals surface area contributed by atoms with Crippen molar-refractivity contribution in [2.75, 3.05) is 10.6 Å². The molecule has 0 radical (unpaired) electrons. The summed E-state index contributed by atoms with van der Waals surface area (Å²) in [6, 6.07) is 16.5. The summed E-state index contributed by atoms with van der Waals surface area (Å²) in [5.74, 6) is -1.37. The van der Waals surface area contributed by atoms with Crippen LogP contribution < -0.4 is 10.6 Å². The number of anilines is 2. The van der Waals surface area contributed by atoms with Crippen molar-refractivity contribution in [3.05, 3.63) is 81.5 Å². The van der Waals surface area contributed by atoms with Gasteiger partial charge in [0.1, 0.15) is 0 Å². The molecule has 148 valence electrons. The lowest BCUT2D eigenvalue weighted by Gasteiger charge is -2.14. The lowest BCUT2D eigenvalue weighted by Crippen LogP contribution is -2.30. The molecule has 0 aliphatic heterocycles. The first-order chi connectivity index (χ1) is 13.9. The number of rotatable bonds is 6. The van der Waals surface area contributed by atoms with Gasteiger partial charge in [0, 0.05) is 5.69 Å². The van der Waals surface area contributed by atoms with E-state index in [-0.39, 0.29) is 11.5 Å². The number of ether oxygens (including phenoxy) is 1. The Morgan fingerprint density at radius 2 is 1.69 bits per heavy atom. The number of halogens is 1. The summed E-state index contributed by atoms with van der Waals surface area (Å²) in [6.45, 7) is 1.47. The summed E-state index contributed by atoms with van der Waals surface area (Å²) < 4.78 is 5.21. The molecule has 1 atom stereocenters. The number of hydrogen-bond donors (Lipinski definition) is 2. The Bertz CT molecular complexity index is 1020. The van der Waals surface area contributed by atoms with Crippen LogP contribution in [-0.4, -0.2) is 23.9 Å². The third-order valence-corrected chi connectivity index (χ3v) is 5.11. The summed E-state index contributed by atoms with van der Waals surface area (Å²) in [7, 11) is 0. The largest absolute Gasteiger partial charge is 0.449 e. The molecule has 2 aromatic carbocycles. The zero-order chi connectivity index (χ0) is 20.8. The molecular formula is C21H17ClN2O4S. The second-order valence-corrected chi connectivity index (χ2v) is 7.38. The zero-order valence-electron chi connectivity index (χ0n) is 15.3. The fraction of sp³-hybridized carbons (Fsp3) is 0.0952. The van der Waals surface area contributed by atoms with Crippen LogP contribution >= 0.6 is 22.9 Å². The third-order valence-electron chi connectivity index (χ3n) is 3.91. The van der Waals surface area contributed by atoms with E-state index in [1.54, 1.807) is 48.5 Å². The molecular weight excluding hydrogens is 412 g/mol. The number of para-hydroxylation sites is 1. The number of carbonyl (C=O) groups excluding carboxylic acids is 3. The second kappa shape index (κ2) is 9.36. The van der Waals surface area contributed by atoms with E-state index in [0.29, 0.717) is 21.3 Å². The summed E-state index contributed by atoms with van der Waals surface area (Å²) in [5, 5.41) is 7.57. The first-order valence-electron chi connectivity index (χ1n) is 8.65. The van der Waals surface area contributed by atoms with Crippen LogP contribution in [-0.2, 0) is 9.53 Å². The first kappa shape index (κ1) is 20.6. The van der Waals surface area contributed by atoms with Gasteiger partial charge in [-0.15, -0.1) is 11.3 Å². The molecule has 0 aliphatic carbocycles. The van der Waals surface area contributed by atoms with E-state index in [9.17, 15) is 14.4 Å². The van der Waals surface area contributed by atoms with E-state index in [0.717, 1.165) is 0 Å². The summed E-state index contributed by atoms with van der Waals surface area (Å²) >= 11 is 7.34. The number of esters is 1. The van der Waals surface area contributed by atoms with E-state index in [1.807, 2.05) is 5.38 Å². The maximum atomic E-state index is 12.3. The van der Waals surface area contributed by atoms with Gasteiger partial charge < -0.3 is 15.4 Å². The topological polar surface area (TPSA) is 84.5 Å². The molecule has 0 saturated carbocycles. The van der Waals surface area contributed by atoms with Gasteiger partial charge in [0.2, 0.25) is 0 Å². The smallest absolute Gasteiger partial charge is 0.338 e. The lowest BCUT2D eigenvalue weighted by molar-refractivity contribution is -0.123. The monoisotopic (exact) mass is 428 g/mol. The highest BCUT2D eigenvalue weighted by atomic mass is 35.5. The SMILES string of the molecule is C[C@H](OC(=O)c1ccc(NC(=O)c2cccs2)cc1)C(=O)Nc1ccccc1Cl. The quantitative estimate of drug-likeness (QED) is 0.550. The fourth-order valence-corrected chi connectivity index (χ4v) is 3.17. The van der Waals surface area contributed by atoms with Crippen LogP contribution in [0.3, 0.4) is 0 Å². The molecule has 0 bridgehead atoms. The number of benzene rings is 2. The van der Waals surface area contributed by atoms with Crippen LogP contribution in [0.5, 0.6) is 0 Å². The van der Waals surface area contributed by atoms with Crippen LogP contribution in [0.2, 0.25) is 5.02 Å². The number of carbonyl (C=O) groups is 3. The van der Waals surface area contributed by atoms with Crippen LogP contribution in [0.1, 0.15) is 27.0 Å². The number of thiophene rings is 1. The van der Waals surface area contributed by atoms with Gasteiger partial charge in [0.25, 0.3) is 11.8 Å². The predicted molar refractivity (Wildman–Crippen MR) is 114 cm³/mol. The molecule has 29 heavy (non-hydrogen) atoms. The van der Waals surface area contributed by atoms with E-state index in [2.05, 4.69) is 10.6 Å². The van der Waals surface area contributed by atoms with Gasteiger partial charge in [0.15, 0.2) is 6.10 Å². The van der Waals surface area contributed by atoms with Crippen molar-refractivity contribution in [2.45, 2.75) is 13.0 Å². The third kappa shape index (κ3) is 5.43. The molecule has 3 aromatic rings. The summed E-state index contributed by atoms with van der Waals surface area (Å²) in [5.41, 5.74) is 1.24. The zero-order valence-corrected chi connectivity index (χ0v) is 16.9. The van der Waals surface area contributed by atoms with Gasteiger partial charge in [-0.3, -0.25) is 9.59 Å². The average Bonchev–Trinajstić information content (AvgIpc) is 3.25. The van der Waals surface area contributed by atoms with E-state index in [4.69, 9.17) is 16.3 Å². The molecule has 0 spiro atoms. The Morgan fingerprint density at radius 3 is 2.34 bits per heavy atom. The van der Waals surface area contributed by atoms with Gasteiger partial charge in [-0.2, -0.15) is 0 Å².